The van der Waals surface area contributed by atoms with Crippen molar-refractivity contribution in [3.05, 3.63) is 76.7 Å². The number of amides is 1. The number of rotatable bonds is 6. The third-order valence-corrected chi connectivity index (χ3v) is 6.37. The third-order valence-electron chi connectivity index (χ3n) is 4.80. The second-order valence-corrected chi connectivity index (χ2v) is 9.16. The smallest absolute Gasteiger partial charge is 0.300 e. The predicted molar refractivity (Wildman–Crippen MR) is 127 cm³/mol. The fourth-order valence-corrected chi connectivity index (χ4v) is 4.27. The molecule has 0 atom stereocenters. The van der Waals surface area contributed by atoms with Crippen molar-refractivity contribution >= 4 is 33.8 Å². The van der Waals surface area contributed by atoms with Crippen LogP contribution in [0.15, 0.2) is 60.0 Å². The lowest BCUT2D eigenvalue weighted by molar-refractivity contribution is -0.134. The summed E-state index contributed by atoms with van der Waals surface area (Å²) in [5.74, 6) is -0.890. The molecule has 4 N–H and O–H groups in total. The molecule has 1 aliphatic rings. The van der Waals surface area contributed by atoms with Gasteiger partial charge in [0.05, 0.1) is 6.42 Å². The van der Waals surface area contributed by atoms with Gasteiger partial charge in [0.2, 0.25) is 15.9 Å². The maximum absolute atomic E-state index is 12.5. The Balaban J connectivity index is 0.000000890. The SMILES string of the molecule is CC(=O)O.N=C(N)c1ccc(CC(=O)N2CCN(S(=O)(=O)C=Cc3ccccc3)CC2)cc1. The van der Waals surface area contributed by atoms with Gasteiger partial charge in [-0.25, -0.2) is 8.42 Å². The van der Waals surface area contributed by atoms with Crippen LogP contribution in [0.25, 0.3) is 6.08 Å². The van der Waals surface area contributed by atoms with Gasteiger partial charge < -0.3 is 15.7 Å². The van der Waals surface area contributed by atoms with Gasteiger partial charge >= 0.3 is 0 Å². The van der Waals surface area contributed by atoms with Crippen LogP contribution >= 0.6 is 0 Å². The van der Waals surface area contributed by atoms with E-state index in [0.29, 0.717) is 18.7 Å². The monoisotopic (exact) mass is 472 g/mol. The summed E-state index contributed by atoms with van der Waals surface area (Å²) >= 11 is 0. The molecular formula is C23H28N4O5S. The molecule has 2 aromatic carbocycles. The summed E-state index contributed by atoms with van der Waals surface area (Å²) in [6, 6.07) is 16.3. The number of carboxylic acids is 1. The van der Waals surface area contributed by atoms with Gasteiger partial charge in [-0.1, -0.05) is 54.6 Å². The molecule has 1 fully saturated rings. The van der Waals surface area contributed by atoms with Gasteiger partial charge in [0, 0.05) is 44.1 Å². The molecule has 0 spiro atoms. The lowest BCUT2D eigenvalue weighted by atomic mass is 10.1. The van der Waals surface area contributed by atoms with E-state index in [2.05, 4.69) is 0 Å². The molecule has 0 unspecified atom stereocenters. The topological polar surface area (TPSA) is 145 Å². The summed E-state index contributed by atoms with van der Waals surface area (Å²) in [7, 11) is -3.52. The number of benzene rings is 2. The van der Waals surface area contributed by atoms with E-state index in [1.807, 2.05) is 30.3 Å². The van der Waals surface area contributed by atoms with E-state index in [1.54, 1.807) is 35.2 Å². The van der Waals surface area contributed by atoms with Crippen LogP contribution in [0.3, 0.4) is 0 Å². The Morgan fingerprint density at radius 3 is 2.09 bits per heavy atom. The lowest BCUT2D eigenvalue weighted by Crippen LogP contribution is -2.50. The highest BCUT2D eigenvalue weighted by Gasteiger charge is 2.27. The highest BCUT2D eigenvalue weighted by Crippen LogP contribution is 2.13. The van der Waals surface area contributed by atoms with Crippen molar-refractivity contribution in [2.45, 2.75) is 13.3 Å². The molecule has 0 aliphatic carbocycles. The van der Waals surface area contributed by atoms with Gasteiger partial charge in [-0.3, -0.25) is 15.0 Å². The fourth-order valence-electron chi connectivity index (χ4n) is 3.10. The predicted octanol–water partition coefficient (Wildman–Crippen LogP) is 1.75. The number of sulfonamides is 1. The van der Waals surface area contributed by atoms with Crippen LogP contribution in [0.4, 0.5) is 0 Å². The minimum Gasteiger partial charge on any atom is -0.481 e. The van der Waals surface area contributed by atoms with E-state index >= 15 is 0 Å². The average Bonchev–Trinajstić information content (AvgIpc) is 2.78. The summed E-state index contributed by atoms with van der Waals surface area (Å²) in [6.07, 6.45) is 1.82. The van der Waals surface area contributed by atoms with Crippen LogP contribution in [0, 0.1) is 5.41 Å². The first-order chi connectivity index (χ1) is 15.6. The molecule has 33 heavy (non-hydrogen) atoms. The zero-order valence-corrected chi connectivity index (χ0v) is 19.2. The van der Waals surface area contributed by atoms with Crippen LogP contribution < -0.4 is 5.73 Å². The van der Waals surface area contributed by atoms with Crippen LogP contribution in [0.5, 0.6) is 0 Å². The molecule has 1 saturated heterocycles. The number of piperazine rings is 1. The second-order valence-electron chi connectivity index (χ2n) is 7.34. The van der Waals surface area contributed by atoms with Crippen molar-refractivity contribution in [3.63, 3.8) is 0 Å². The lowest BCUT2D eigenvalue weighted by Gasteiger charge is -2.33. The number of nitrogens with one attached hydrogen (secondary N) is 1. The van der Waals surface area contributed by atoms with Crippen LogP contribution in [-0.4, -0.2) is 66.6 Å². The summed E-state index contributed by atoms with van der Waals surface area (Å²) in [6.45, 7) is 2.36. The molecule has 1 aliphatic heterocycles. The maximum Gasteiger partial charge on any atom is 0.300 e. The molecule has 9 nitrogen and oxygen atoms in total. The van der Waals surface area contributed by atoms with Crippen molar-refractivity contribution in [2.24, 2.45) is 5.73 Å². The Bertz CT molecular complexity index is 1090. The quantitative estimate of drug-likeness (QED) is 0.431. The van der Waals surface area contributed by atoms with E-state index in [1.165, 1.54) is 9.71 Å². The minimum atomic E-state index is -3.52. The molecule has 0 aromatic heterocycles. The minimum absolute atomic E-state index is 0.0125. The Morgan fingerprint density at radius 2 is 1.58 bits per heavy atom. The number of nitrogens with zero attached hydrogens (tertiary/aromatic N) is 2. The normalized spacial score (nSPS) is 14.4. The number of nitrogens with two attached hydrogens (primary N) is 1. The number of carbonyl (C=O) groups excluding carboxylic acids is 1. The van der Waals surface area contributed by atoms with Crippen molar-refractivity contribution in [3.8, 4) is 0 Å². The Labute approximate surface area is 193 Å². The van der Waals surface area contributed by atoms with E-state index in [0.717, 1.165) is 18.1 Å². The number of aliphatic carboxylic acids is 1. The van der Waals surface area contributed by atoms with Crippen LogP contribution in [0.2, 0.25) is 0 Å². The number of carbonyl (C=O) groups is 2. The highest BCUT2D eigenvalue weighted by molar-refractivity contribution is 7.92. The Morgan fingerprint density at radius 1 is 1.03 bits per heavy atom. The highest BCUT2D eigenvalue weighted by atomic mass is 32.2. The first-order valence-electron chi connectivity index (χ1n) is 10.2. The molecule has 2 aromatic rings. The third kappa shape index (κ3) is 8.51. The van der Waals surface area contributed by atoms with E-state index < -0.39 is 16.0 Å². The Kier molecular flexibility index (Phi) is 9.31. The van der Waals surface area contributed by atoms with Crippen molar-refractivity contribution in [2.75, 3.05) is 26.2 Å². The number of nitrogen functional groups attached to an aromatic ring is 1. The molecule has 176 valence electrons. The van der Waals surface area contributed by atoms with Crippen LogP contribution in [-0.2, 0) is 26.0 Å². The fraction of sp³-hybridized carbons (Fsp3) is 0.261. The van der Waals surface area contributed by atoms with Gasteiger partial charge in [0.25, 0.3) is 5.97 Å². The van der Waals surface area contributed by atoms with Crippen molar-refractivity contribution < 1.29 is 23.1 Å². The second kappa shape index (κ2) is 11.9. The molecular weight excluding hydrogens is 444 g/mol. The molecule has 1 amide bonds. The zero-order chi connectivity index (χ0) is 24.4. The maximum atomic E-state index is 12.5. The van der Waals surface area contributed by atoms with Crippen molar-refractivity contribution in [1.82, 2.24) is 9.21 Å². The van der Waals surface area contributed by atoms with E-state index in [-0.39, 0.29) is 31.3 Å². The largest absolute Gasteiger partial charge is 0.481 e. The van der Waals surface area contributed by atoms with Gasteiger partial charge in [-0.2, -0.15) is 4.31 Å². The van der Waals surface area contributed by atoms with Gasteiger partial charge in [0.15, 0.2) is 0 Å². The molecule has 1 heterocycles. The number of carboxylic acid groups (broad SMARTS) is 1. The molecule has 0 saturated carbocycles. The first kappa shape index (κ1) is 25.8. The van der Waals surface area contributed by atoms with Gasteiger partial charge in [-0.15, -0.1) is 0 Å². The van der Waals surface area contributed by atoms with E-state index in [4.69, 9.17) is 21.0 Å². The molecule has 0 radical (unpaired) electrons. The standard InChI is InChI=1S/C21H24N4O3S.C2H4O2/c22-21(23)19-8-6-18(7-9-19)16-20(26)24-11-13-25(14-12-24)29(27,28)15-10-17-4-2-1-3-5-17;1-2(3)4/h1-10,15H,11-14,16H2,(H3,22,23);1H3,(H,3,4). The summed E-state index contributed by atoms with van der Waals surface area (Å²) < 4.78 is 26.4. The molecule has 0 bridgehead atoms. The van der Waals surface area contributed by atoms with Gasteiger partial charge in [0.1, 0.15) is 5.84 Å². The van der Waals surface area contributed by atoms with E-state index in [9.17, 15) is 13.2 Å². The number of amidine groups is 1. The van der Waals surface area contributed by atoms with Gasteiger partial charge in [-0.05, 0) is 17.2 Å². The van der Waals surface area contributed by atoms with Crippen molar-refractivity contribution in [1.29, 1.82) is 5.41 Å². The first-order valence-corrected chi connectivity index (χ1v) is 11.7. The summed E-state index contributed by atoms with van der Waals surface area (Å²) in [5, 5.41) is 16.0. The average molecular weight is 473 g/mol. The molecule has 10 heteroatoms. The summed E-state index contributed by atoms with van der Waals surface area (Å²) in [4.78, 5) is 23.2. The summed E-state index contributed by atoms with van der Waals surface area (Å²) in [5.41, 5.74) is 7.70. The Hall–Kier alpha value is -3.50. The number of hydrogen-bond donors (Lipinski definition) is 3. The van der Waals surface area contributed by atoms with Crippen LogP contribution in [0.1, 0.15) is 23.6 Å². The zero-order valence-electron chi connectivity index (χ0n) is 18.3. The number of hydrogen-bond acceptors (Lipinski definition) is 5. The molecule has 3 rings (SSSR count).